The van der Waals surface area contributed by atoms with Gasteiger partial charge in [-0.3, -0.25) is 19.2 Å². The van der Waals surface area contributed by atoms with Gasteiger partial charge in [0.05, 0.1) is 25.7 Å². The fourth-order valence-corrected chi connectivity index (χ4v) is 8.34. The van der Waals surface area contributed by atoms with Crippen LogP contribution in [0.1, 0.15) is 65.7 Å². The molecule has 14 heteroatoms. The van der Waals surface area contributed by atoms with E-state index in [2.05, 4.69) is 4.84 Å². The zero-order valence-electron chi connectivity index (χ0n) is 25.2. The van der Waals surface area contributed by atoms with E-state index in [0.29, 0.717) is 24.8 Å². The molecule has 0 saturated heterocycles. The van der Waals surface area contributed by atoms with Crippen LogP contribution in [0.3, 0.4) is 0 Å². The van der Waals surface area contributed by atoms with Gasteiger partial charge in [0, 0.05) is 16.7 Å². The van der Waals surface area contributed by atoms with Crippen molar-refractivity contribution in [1.82, 2.24) is 0 Å². The number of fused-ring (bicyclic) bond motifs is 5. The molecule has 13 nitrogen and oxygen atoms in total. The number of aliphatic hydroxyl groups excluding tert-OH is 1. The summed E-state index contributed by atoms with van der Waals surface area (Å²) >= 11 is 0. The van der Waals surface area contributed by atoms with Crippen molar-refractivity contribution in [3.05, 3.63) is 33.9 Å². The molecule has 0 amide bonds. The van der Waals surface area contributed by atoms with Crippen LogP contribution in [0.15, 0.2) is 23.8 Å². The highest BCUT2D eigenvalue weighted by Crippen LogP contribution is 2.70. The third-order valence-corrected chi connectivity index (χ3v) is 10.7. The molecular formula is C30H41FN2O11. The lowest BCUT2D eigenvalue weighted by Gasteiger charge is -2.62. The van der Waals surface area contributed by atoms with Crippen LogP contribution in [0.4, 0.5) is 4.39 Å². The number of hydrogen-bond acceptors (Lipinski definition) is 12. The molecule has 0 aromatic carbocycles. The number of alkyl halides is 1. The van der Waals surface area contributed by atoms with Gasteiger partial charge >= 0.3 is 11.9 Å². The Morgan fingerprint density at radius 3 is 2.57 bits per heavy atom. The van der Waals surface area contributed by atoms with Gasteiger partial charge in [0.25, 0.3) is 5.09 Å². The monoisotopic (exact) mass is 624 g/mol. The zero-order chi connectivity index (χ0) is 32.7. The number of esters is 2. The molecule has 0 aliphatic heterocycles. The summed E-state index contributed by atoms with van der Waals surface area (Å²) < 4.78 is 27.3. The summed E-state index contributed by atoms with van der Waals surface area (Å²) in [6, 6.07) is -1.38. The smallest absolute Gasteiger partial charge is 0.323 e. The summed E-state index contributed by atoms with van der Waals surface area (Å²) in [6.45, 7) is 3.98. The first-order valence-corrected chi connectivity index (χ1v) is 14.9. The Morgan fingerprint density at radius 1 is 1.20 bits per heavy atom. The van der Waals surface area contributed by atoms with Crippen LogP contribution in [-0.2, 0) is 33.5 Å². The molecule has 9 atom stereocenters. The van der Waals surface area contributed by atoms with Crippen LogP contribution >= 0.6 is 0 Å². The van der Waals surface area contributed by atoms with Crippen LogP contribution in [0.2, 0.25) is 0 Å². The molecule has 4 rings (SSSR count). The molecule has 3 fully saturated rings. The lowest BCUT2D eigenvalue weighted by Crippen LogP contribution is -2.69. The molecule has 3 saturated carbocycles. The van der Waals surface area contributed by atoms with Gasteiger partial charge in [0.1, 0.15) is 11.6 Å². The number of aliphatic hydroxyl groups is 2. The number of rotatable bonds is 12. The first-order valence-electron chi connectivity index (χ1n) is 14.9. The van der Waals surface area contributed by atoms with Gasteiger partial charge < -0.3 is 30.3 Å². The molecule has 0 radical (unpaired) electrons. The minimum Gasteiger partial charge on any atom is -0.465 e. The highest BCUT2D eigenvalue weighted by molar-refractivity contribution is 6.01. The van der Waals surface area contributed by atoms with E-state index in [1.165, 1.54) is 18.2 Å². The Kier molecular flexibility index (Phi) is 9.39. The number of carbonyl (C=O) groups is 4. The largest absolute Gasteiger partial charge is 0.465 e. The molecule has 0 unspecified atom stereocenters. The van der Waals surface area contributed by atoms with Crippen molar-refractivity contribution in [2.75, 3.05) is 19.8 Å². The number of ketones is 2. The standard InChI is InChI=1S/C30H41FN2O11/c1-17-12-21-20-7-6-18-13-19(34)8-9-27(18,2)29(20,31)23(35)15-28(21,3)30(17,39)24(36)16-43-25(37)14-22(32)26(38)42-10-4-5-11-44-33(40)41/h8-9,13,17,20-23,35,39H,4-7,10-12,14-16,32H2,1-3H3/t17-,20-,21-,22-,23-,27-,28-,29-,30-/m0/s1. The van der Waals surface area contributed by atoms with Crippen LogP contribution in [0, 0.1) is 38.7 Å². The summed E-state index contributed by atoms with van der Waals surface area (Å²) in [5.41, 5.74) is -0.240. The van der Waals surface area contributed by atoms with E-state index in [0.717, 1.165) is 0 Å². The minimum absolute atomic E-state index is 0.0933. The molecule has 4 aliphatic rings. The predicted molar refractivity (Wildman–Crippen MR) is 150 cm³/mol. The number of halogens is 1. The Balaban J connectivity index is 1.38. The Bertz CT molecular complexity index is 1270. The second-order valence-electron chi connectivity index (χ2n) is 13.0. The lowest BCUT2D eigenvalue weighted by atomic mass is 9.44. The molecule has 0 heterocycles. The van der Waals surface area contributed by atoms with Gasteiger partial charge in [-0.1, -0.05) is 25.5 Å². The summed E-state index contributed by atoms with van der Waals surface area (Å²) in [6.07, 6.45) is 3.55. The number of unbranched alkanes of at least 4 members (excludes halogenated alkanes) is 1. The van der Waals surface area contributed by atoms with Crippen molar-refractivity contribution >= 4 is 23.5 Å². The van der Waals surface area contributed by atoms with Gasteiger partial charge in [0.2, 0.25) is 5.78 Å². The van der Waals surface area contributed by atoms with Crippen molar-refractivity contribution in [1.29, 1.82) is 0 Å². The van der Waals surface area contributed by atoms with Crippen LogP contribution in [0.25, 0.3) is 0 Å². The van der Waals surface area contributed by atoms with Crippen molar-refractivity contribution in [3.63, 3.8) is 0 Å². The summed E-state index contributed by atoms with van der Waals surface area (Å²) in [5, 5.41) is 32.6. The van der Waals surface area contributed by atoms with Gasteiger partial charge in [0.15, 0.2) is 18.1 Å². The minimum atomic E-state index is -2.12. The molecule has 0 aromatic rings. The molecule has 4 aliphatic carbocycles. The topological polar surface area (TPSA) is 206 Å². The van der Waals surface area contributed by atoms with Crippen molar-refractivity contribution in [2.24, 2.45) is 34.3 Å². The quantitative estimate of drug-likeness (QED) is 0.123. The SMILES string of the molecule is C[C@H]1C[C@H]2[C@@H]3CCC4=CC(=O)C=C[C@]4(C)[C@@]3(F)[C@@H](O)C[C@]2(C)[C@@]1(O)C(=O)COC(=O)C[C@H](N)C(=O)OCCCCO[N+](=O)[O-]. The Morgan fingerprint density at radius 2 is 1.89 bits per heavy atom. The molecule has 4 N–H and O–H groups in total. The van der Waals surface area contributed by atoms with Crippen LogP contribution in [-0.4, -0.2) is 82.0 Å². The number of Topliss-reactive ketones (excluding diaryl/α,β-unsaturated/α-hetero) is 1. The van der Waals surface area contributed by atoms with Crippen LogP contribution < -0.4 is 5.73 Å². The van der Waals surface area contributed by atoms with Crippen molar-refractivity contribution in [2.45, 2.75) is 89.1 Å². The number of hydrogen-bond donors (Lipinski definition) is 3. The molecule has 0 bridgehead atoms. The number of carbonyl (C=O) groups excluding carboxylic acids is 4. The Labute approximate surface area is 254 Å². The molecule has 0 aromatic heterocycles. The normalized spacial score (nSPS) is 38.0. The number of allylic oxidation sites excluding steroid dienone is 4. The highest BCUT2D eigenvalue weighted by Gasteiger charge is 2.75. The van der Waals surface area contributed by atoms with E-state index < -0.39 is 87.8 Å². The van der Waals surface area contributed by atoms with E-state index in [1.807, 2.05) is 0 Å². The average Bonchev–Trinajstić information content (AvgIpc) is 3.15. The third-order valence-electron chi connectivity index (χ3n) is 10.7. The number of ether oxygens (including phenoxy) is 2. The number of nitrogens with two attached hydrogens (primary N) is 1. The average molecular weight is 625 g/mol. The summed E-state index contributed by atoms with van der Waals surface area (Å²) in [5.74, 6) is -4.71. The van der Waals surface area contributed by atoms with Crippen molar-refractivity contribution < 1.29 is 53.2 Å². The molecule has 244 valence electrons. The summed E-state index contributed by atoms with van der Waals surface area (Å²) in [4.78, 5) is 64.4. The molecule has 44 heavy (non-hydrogen) atoms. The van der Waals surface area contributed by atoms with Crippen LogP contribution in [0.5, 0.6) is 0 Å². The first-order chi connectivity index (χ1) is 20.5. The molecule has 0 spiro atoms. The van der Waals surface area contributed by atoms with E-state index in [4.69, 9.17) is 15.2 Å². The summed E-state index contributed by atoms with van der Waals surface area (Å²) in [7, 11) is 0. The van der Waals surface area contributed by atoms with E-state index >= 15 is 4.39 Å². The van der Waals surface area contributed by atoms with E-state index in [-0.39, 0.29) is 38.3 Å². The fraction of sp³-hybridized carbons (Fsp3) is 0.733. The maximum atomic E-state index is 17.3. The lowest BCUT2D eigenvalue weighted by molar-refractivity contribution is -0.757. The number of nitrogens with zero attached hydrogens (tertiary/aromatic N) is 1. The maximum Gasteiger partial charge on any atom is 0.323 e. The van der Waals surface area contributed by atoms with Gasteiger partial charge in [-0.05, 0) is 69.4 Å². The van der Waals surface area contributed by atoms with Gasteiger partial charge in [-0.15, -0.1) is 10.1 Å². The third kappa shape index (κ3) is 5.45. The van der Waals surface area contributed by atoms with Crippen molar-refractivity contribution in [3.8, 4) is 0 Å². The highest BCUT2D eigenvalue weighted by atomic mass is 19.1. The zero-order valence-corrected chi connectivity index (χ0v) is 25.2. The predicted octanol–water partition coefficient (Wildman–Crippen LogP) is 1.70. The van der Waals surface area contributed by atoms with Gasteiger partial charge in [-0.25, -0.2) is 4.39 Å². The van der Waals surface area contributed by atoms with E-state index in [1.54, 1.807) is 20.8 Å². The first kappa shape index (κ1) is 33.7. The van der Waals surface area contributed by atoms with E-state index in [9.17, 15) is 39.5 Å². The second kappa shape index (κ2) is 12.3. The fourth-order valence-electron chi connectivity index (χ4n) is 8.34. The maximum absolute atomic E-state index is 17.3. The second-order valence-corrected chi connectivity index (χ2v) is 13.0. The van der Waals surface area contributed by atoms with Gasteiger partial charge in [-0.2, -0.15) is 0 Å². The Hall–Kier alpha value is -3.23. The molecular weight excluding hydrogens is 583 g/mol.